The molecule has 1 aliphatic heterocycles. The second kappa shape index (κ2) is 7.02. The fraction of sp³-hybridized carbons (Fsp3) is 0.615. The molecular formula is C26H28F3N5O. The topological polar surface area (TPSA) is 65.7 Å². The molecule has 0 amide bonds. The number of hydrogen-bond donors (Lipinski definition) is 0. The first-order chi connectivity index (χ1) is 16.7. The Morgan fingerprint density at radius 1 is 1.03 bits per heavy atom. The summed E-state index contributed by atoms with van der Waals surface area (Å²) in [5.74, 6) is 0.147. The summed E-state index contributed by atoms with van der Waals surface area (Å²) in [6.45, 7) is 4.42. The monoisotopic (exact) mass is 483 g/mol. The summed E-state index contributed by atoms with van der Waals surface area (Å²) in [5, 5.41) is 4.52. The van der Waals surface area contributed by atoms with E-state index in [2.05, 4.69) is 11.3 Å². The van der Waals surface area contributed by atoms with Crippen LogP contribution in [0.3, 0.4) is 0 Å². The zero-order chi connectivity index (χ0) is 24.2. The van der Waals surface area contributed by atoms with Crippen molar-refractivity contribution in [2.24, 2.45) is 5.41 Å². The molecule has 0 radical (unpaired) electrons. The second-order valence-electron chi connectivity index (χ2n) is 11.3. The van der Waals surface area contributed by atoms with Crippen molar-refractivity contribution in [3.8, 4) is 0 Å². The Bertz CT molecular complexity index is 1320. The van der Waals surface area contributed by atoms with Crippen molar-refractivity contribution in [3.63, 3.8) is 0 Å². The minimum absolute atomic E-state index is 0.0588. The zero-order valence-electron chi connectivity index (χ0n) is 19.9. The number of aryl methyl sites for hydroxylation is 2. The molecule has 0 N–H and O–H groups in total. The molecule has 9 heteroatoms. The van der Waals surface area contributed by atoms with Crippen LogP contribution < -0.4 is 0 Å². The van der Waals surface area contributed by atoms with E-state index >= 15 is 0 Å². The van der Waals surface area contributed by atoms with Gasteiger partial charge in [0.2, 0.25) is 0 Å². The first kappa shape index (κ1) is 21.7. The summed E-state index contributed by atoms with van der Waals surface area (Å²) < 4.78 is 48.9. The highest BCUT2D eigenvalue weighted by Crippen LogP contribution is 2.78. The van der Waals surface area contributed by atoms with Crippen molar-refractivity contribution in [1.29, 1.82) is 0 Å². The average Bonchev–Trinajstić information content (AvgIpc) is 3.48. The van der Waals surface area contributed by atoms with E-state index < -0.39 is 17.0 Å². The van der Waals surface area contributed by atoms with Gasteiger partial charge < -0.3 is 4.74 Å². The molecule has 4 aliphatic carbocycles. The van der Waals surface area contributed by atoms with Crippen LogP contribution in [0.4, 0.5) is 13.2 Å². The normalized spacial score (nSPS) is 32.4. The summed E-state index contributed by atoms with van der Waals surface area (Å²) in [7, 11) is 0. The second-order valence-corrected chi connectivity index (χ2v) is 11.3. The van der Waals surface area contributed by atoms with E-state index in [4.69, 9.17) is 19.7 Å². The van der Waals surface area contributed by atoms with Crippen molar-refractivity contribution < 1.29 is 17.9 Å². The van der Waals surface area contributed by atoms with Gasteiger partial charge in [0, 0.05) is 35.4 Å². The van der Waals surface area contributed by atoms with E-state index in [0.717, 1.165) is 46.7 Å². The lowest BCUT2D eigenvalue weighted by Crippen LogP contribution is -2.70. The maximum absolute atomic E-state index is 13.6. The van der Waals surface area contributed by atoms with Crippen LogP contribution in [0.2, 0.25) is 0 Å². The largest absolute Gasteiger partial charge is 0.394 e. The number of hydrogen-bond acceptors (Lipinski definition) is 5. The predicted molar refractivity (Wildman–Crippen MR) is 122 cm³/mol. The predicted octanol–water partition coefficient (Wildman–Crippen LogP) is 5.79. The third-order valence-corrected chi connectivity index (χ3v) is 8.83. The smallest absolute Gasteiger partial charge is 0.373 e. The van der Waals surface area contributed by atoms with E-state index in [0.29, 0.717) is 18.2 Å². The van der Waals surface area contributed by atoms with Crippen molar-refractivity contribution >= 4 is 11.0 Å². The minimum Gasteiger partial charge on any atom is -0.373 e. The fourth-order valence-corrected chi connectivity index (χ4v) is 6.52. The lowest BCUT2D eigenvalue weighted by molar-refractivity contribution is -0.337. The number of pyridine rings is 1. The summed E-state index contributed by atoms with van der Waals surface area (Å²) >= 11 is 0. The molecule has 2 bridgehead atoms. The van der Waals surface area contributed by atoms with E-state index in [-0.39, 0.29) is 31.3 Å². The SMILES string of the molecule is Cc1nc2cc([C@H]3CCO[C@@H](c4cnn(C5CC5)c4)C3)nc([C@]34C[C@](C(F)(F)F)(C3)C4)c2nc1C. The highest BCUT2D eigenvalue weighted by Gasteiger charge is 2.79. The molecule has 35 heavy (non-hydrogen) atoms. The Hall–Kier alpha value is -2.55. The minimum atomic E-state index is -4.15. The summed E-state index contributed by atoms with van der Waals surface area (Å²) in [4.78, 5) is 14.6. The molecule has 2 atom stereocenters. The molecule has 5 fully saturated rings. The number of alkyl halides is 3. The lowest BCUT2D eigenvalue weighted by Gasteiger charge is -2.70. The van der Waals surface area contributed by atoms with Gasteiger partial charge in [0.25, 0.3) is 0 Å². The van der Waals surface area contributed by atoms with Gasteiger partial charge in [0.1, 0.15) is 5.52 Å². The molecule has 0 aromatic carbocycles. The number of fused-ring (bicyclic) bond motifs is 1. The van der Waals surface area contributed by atoms with E-state index in [1.54, 1.807) is 0 Å². The molecule has 184 valence electrons. The third-order valence-electron chi connectivity index (χ3n) is 8.83. The van der Waals surface area contributed by atoms with Crippen molar-refractivity contribution in [3.05, 3.63) is 46.8 Å². The lowest BCUT2D eigenvalue weighted by atomic mass is 9.34. The number of nitrogens with zero attached hydrogens (tertiary/aromatic N) is 5. The standard InChI is InChI=1S/C26H28F3N5O/c1-14-15(2)32-22-20(31-14)8-19(33-23(22)24-11-25(12-24,13-24)26(27,28)29)16-5-6-35-21(7-16)17-9-30-34(10-17)18-3-4-18/h8-10,16,18,21H,3-7,11-13H2,1-2H3/t16-,21+,24-,25+/m0/s1. The molecule has 3 aromatic heterocycles. The molecule has 0 unspecified atom stereocenters. The summed E-state index contributed by atoms with van der Waals surface area (Å²) in [5.41, 5.74) is 3.68. The van der Waals surface area contributed by atoms with Gasteiger partial charge in [-0.1, -0.05) is 0 Å². The van der Waals surface area contributed by atoms with Crippen LogP contribution in [0.1, 0.15) is 91.3 Å². The first-order valence-electron chi connectivity index (χ1n) is 12.6. The molecule has 1 saturated heterocycles. The number of halogens is 3. The summed E-state index contributed by atoms with van der Waals surface area (Å²) in [6.07, 6.45) is 4.07. The maximum atomic E-state index is 13.6. The molecule has 8 rings (SSSR count). The quantitative estimate of drug-likeness (QED) is 0.470. The van der Waals surface area contributed by atoms with Crippen molar-refractivity contribution in [1.82, 2.24) is 24.7 Å². The summed E-state index contributed by atoms with van der Waals surface area (Å²) in [6, 6.07) is 2.52. The Morgan fingerprint density at radius 2 is 1.77 bits per heavy atom. The van der Waals surface area contributed by atoms with Gasteiger partial charge in [-0.15, -0.1) is 0 Å². The Morgan fingerprint density at radius 3 is 2.49 bits per heavy atom. The van der Waals surface area contributed by atoms with Gasteiger partial charge in [-0.2, -0.15) is 18.3 Å². The van der Waals surface area contributed by atoms with Crippen LogP contribution in [-0.2, 0) is 10.2 Å². The van der Waals surface area contributed by atoms with Crippen LogP contribution in [-0.4, -0.2) is 37.5 Å². The van der Waals surface area contributed by atoms with Gasteiger partial charge in [-0.25, -0.2) is 9.97 Å². The van der Waals surface area contributed by atoms with Gasteiger partial charge in [-0.05, 0) is 64.9 Å². The first-order valence-corrected chi connectivity index (χ1v) is 12.6. The van der Waals surface area contributed by atoms with Crippen LogP contribution in [0.5, 0.6) is 0 Å². The Labute approximate surface area is 201 Å². The van der Waals surface area contributed by atoms with E-state index in [9.17, 15) is 13.2 Å². The van der Waals surface area contributed by atoms with Crippen LogP contribution in [0.15, 0.2) is 18.5 Å². The molecule has 5 aliphatic rings. The average molecular weight is 484 g/mol. The van der Waals surface area contributed by atoms with E-state index in [1.165, 1.54) is 12.8 Å². The van der Waals surface area contributed by atoms with Gasteiger partial charge in [0.15, 0.2) is 0 Å². The molecule has 6 nitrogen and oxygen atoms in total. The van der Waals surface area contributed by atoms with Gasteiger partial charge in [0.05, 0.1) is 46.4 Å². The van der Waals surface area contributed by atoms with Crippen LogP contribution >= 0.6 is 0 Å². The van der Waals surface area contributed by atoms with Crippen LogP contribution in [0, 0.1) is 19.3 Å². The molecule has 3 aromatic rings. The maximum Gasteiger partial charge on any atom is 0.394 e. The van der Waals surface area contributed by atoms with Crippen LogP contribution in [0.25, 0.3) is 11.0 Å². The Balaban J connectivity index is 1.24. The molecule has 0 spiro atoms. The number of rotatable bonds is 4. The Kier molecular flexibility index (Phi) is 4.35. The molecular weight excluding hydrogens is 455 g/mol. The molecule has 4 heterocycles. The van der Waals surface area contributed by atoms with Gasteiger partial charge >= 0.3 is 6.18 Å². The zero-order valence-corrected chi connectivity index (χ0v) is 19.9. The third kappa shape index (κ3) is 3.19. The van der Waals surface area contributed by atoms with Crippen molar-refractivity contribution in [2.45, 2.75) is 88.4 Å². The van der Waals surface area contributed by atoms with Gasteiger partial charge in [-0.3, -0.25) is 9.67 Å². The van der Waals surface area contributed by atoms with Crippen molar-refractivity contribution in [2.75, 3.05) is 6.61 Å². The van der Waals surface area contributed by atoms with E-state index in [1.807, 2.05) is 30.8 Å². The fourth-order valence-electron chi connectivity index (χ4n) is 6.52. The number of aromatic nitrogens is 5. The molecule has 4 saturated carbocycles. The highest BCUT2D eigenvalue weighted by molar-refractivity contribution is 5.79. The highest BCUT2D eigenvalue weighted by atomic mass is 19.4. The number of ether oxygens (including phenoxy) is 1.